The molecule has 0 bridgehead atoms. The fourth-order valence-electron chi connectivity index (χ4n) is 5.17. The molecular weight excluding hydrogens is 487 g/mol. The van der Waals surface area contributed by atoms with Gasteiger partial charge in [-0.25, -0.2) is 4.39 Å². The number of piperazine rings is 1. The van der Waals surface area contributed by atoms with Gasteiger partial charge in [0.15, 0.2) is 0 Å². The fourth-order valence-corrected chi connectivity index (χ4v) is 6.20. The van der Waals surface area contributed by atoms with E-state index in [0.717, 1.165) is 48.2 Å². The molecule has 0 N–H and O–H groups in total. The molecule has 6 nitrogen and oxygen atoms in total. The molecule has 1 saturated carbocycles. The van der Waals surface area contributed by atoms with E-state index in [0.29, 0.717) is 31.2 Å². The predicted molar refractivity (Wildman–Crippen MR) is 143 cm³/mol. The molecule has 2 fully saturated rings. The van der Waals surface area contributed by atoms with Crippen molar-refractivity contribution in [3.63, 3.8) is 0 Å². The molecule has 1 saturated heterocycles. The van der Waals surface area contributed by atoms with Crippen molar-refractivity contribution in [3.8, 4) is 6.07 Å². The number of nitrogens with zero attached hydrogens (tertiary/aromatic N) is 4. The van der Waals surface area contributed by atoms with E-state index in [1.807, 2.05) is 46.4 Å². The Morgan fingerprint density at radius 1 is 0.946 bits per heavy atom. The highest BCUT2D eigenvalue weighted by Gasteiger charge is 2.34. The molecule has 0 radical (unpaired) electrons. The number of aryl methyl sites for hydroxylation is 1. The summed E-state index contributed by atoms with van der Waals surface area (Å²) in [7, 11) is 0. The zero-order valence-corrected chi connectivity index (χ0v) is 21.6. The minimum atomic E-state index is -0.330. The number of carbonyl (C=O) groups excluding carboxylic acids is 2. The van der Waals surface area contributed by atoms with Crippen LogP contribution in [0.2, 0.25) is 0 Å². The molecule has 37 heavy (non-hydrogen) atoms. The third-order valence-electron chi connectivity index (χ3n) is 7.28. The molecule has 2 heterocycles. The maximum Gasteiger partial charge on any atom is 0.267 e. The molecule has 2 aliphatic heterocycles. The van der Waals surface area contributed by atoms with Crippen LogP contribution < -0.4 is 4.90 Å². The average Bonchev–Trinajstić information content (AvgIpc) is 3.61. The molecule has 2 amide bonds. The summed E-state index contributed by atoms with van der Waals surface area (Å²) < 4.78 is 13.6. The number of rotatable bonds is 4. The smallest absolute Gasteiger partial charge is 0.267 e. The molecule has 2 aromatic rings. The van der Waals surface area contributed by atoms with Crippen LogP contribution in [0.3, 0.4) is 0 Å². The molecule has 0 atom stereocenters. The van der Waals surface area contributed by atoms with Gasteiger partial charge >= 0.3 is 0 Å². The molecule has 190 valence electrons. The summed E-state index contributed by atoms with van der Waals surface area (Å²) in [6.07, 6.45) is 4.13. The van der Waals surface area contributed by atoms with Crippen molar-refractivity contribution in [2.24, 2.45) is 5.92 Å². The Bertz CT molecular complexity index is 1280. The second-order valence-electron chi connectivity index (χ2n) is 9.69. The SMILES string of the molecule is Cc1ccc(N2C(c3ccc(F)cc3)=CS/C2=C(/C#N)C(=O)N2CCN(C(=O)C3CCCC3)CC2)cc1. The van der Waals surface area contributed by atoms with Gasteiger partial charge in [0, 0.05) is 43.2 Å². The normalized spacial score (nSPS) is 19.6. The van der Waals surface area contributed by atoms with Crippen molar-refractivity contribution in [1.29, 1.82) is 5.26 Å². The fraction of sp³-hybridized carbons (Fsp3) is 0.345. The molecule has 5 rings (SSSR count). The zero-order valence-electron chi connectivity index (χ0n) is 20.8. The van der Waals surface area contributed by atoms with E-state index in [9.17, 15) is 19.2 Å². The van der Waals surface area contributed by atoms with Crippen LogP contribution in [0.4, 0.5) is 10.1 Å². The lowest BCUT2D eigenvalue weighted by molar-refractivity contribution is -0.140. The van der Waals surface area contributed by atoms with Crippen LogP contribution in [0.15, 0.2) is 64.5 Å². The maximum absolute atomic E-state index is 13.6. The molecule has 0 unspecified atom stereocenters. The van der Waals surface area contributed by atoms with Crippen LogP contribution in [-0.4, -0.2) is 47.8 Å². The Hall–Kier alpha value is -3.57. The number of nitriles is 1. The second kappa shape index (κ2) is 10.8. The predicted octanol–water partition coefficient (Wildman–Crippen LogP) is 5.28. The first kappa shape index (κ1) is 25.1. The minimum absolute atomic E-state index is 0.0644. The molecule has 3 aliphatic rings. The van der Waals surface area contributed by atoms with Crippen LogP contribution in [0, 0.1) is 30.0 Å². The van der Waals surface area contributed by atoms with E-state index in [2.05, 4.69) is 6.07 Å². The van der Waals surface area contributed by atoms with Crippen molar-refractivity contribution in [2.75, 3.05) is 31.1 Å². The number of amides is 2. The van der Waals surface area contributed by atoms with E-state index in [-0.39, 0.29) is 29.1 Å². The van der Waals surface area contributed by atoms with Crippen LogP contribution in [0.5, 0.6) is 0 Å². The van der Waals surface area contributed by atoms with Crippen molar-refractivity contribution in [1.82, 2.24) is 9.80 Å². The third kappa shape index (κ3) is 5.14. The first-order valence-corrected chi connectivity index (χ1v) is 13.6. The van der Waals surface area contributed by atoms with Crippen molar-refractivity contribution in [2.45, 2.75) is 32.6 Å². The highest BCUT2D eigenvalue weighted by molar-refractivity contribution is 8.06. The molecular formula is C29H29FN4O2S. The zero-order chi connectivity index (χ0) is 25.9. The van der Waals surface area contributed by atoms with Gasteiger partial charge in [-0.2, -0.15) is 5.26 Å². The number of carbonyl (C=O) groups is 2. The molecule has 8 heteroatoms. The van der Waals surface area contributed by atoms with Gasteiger partial charge in [0.1, 0.15) is 22.5 Å². The summed E-state index contributed by atoms with van der Waals surface area (Å²) in [4.78, 5) is 31.9. The molecule has 0 aromatic heterocycles. The average molecular weight is 517 g/mol. The second-order valence-corrected chi connectivity index (χ2v) is 10.5. The lowest BCUT2D eigenvalue weighted by Gasteiger charge is -2.36. The number of anilines is 1. The Morgan fingerprint density at radius 3 is 2.19 bits per heavy atom. The Balaban J connectivity index is 1.40. The minimum Gasteiger partial charge on any atom is -0.339 e. The van der Waals surface area contributed by atoms with Crippen LogP contribution in [0.1, 0.15) is 36.8 Å². The summed E-state index contributed by atoms with van der Waals surface area (Å²) >= 11 is 1.32. The van der Waals surface area contributed by atoms with Gasteiger partial charge < -0.3 is 14.7 Å². The van der Waals surface area contributed by atoms with Crippen molar-refractivity contribution >= 4 is 35.0 Å². The van der Waals surface area contributed by atoms with Crippen LogP contribution in [-0.2, 0) is 9.59 Å². The summed E-state index contributed by atoms with van der Waals surface area (Å²) in [6, 6.07) is 16.2. The highest BCUT2D eigenvalue weighted by atomic mass is 32.2. The number of hydrogen-bond acceptors (Lipinski definition) is 5. The van der Waals surface area contributed by atoms with Crippen molar-refractivity contribution < 1.29 is 14.0 Å². The number of halogens is 1. The first-order valence-electron chi connectivity index (χ1n) is 12.7. The topological polar surface area (TPSA) is 67.7 Å². The van der Waals surface area contributed by atoms with E-state index < -0.39 is 0 Å². The summed E-state index contributed by atoms with van der Waals surface area (Å²) in [6.45, 7) is 3.79. The van der Waals surface area contributed by atoms with E-state index in [1.54, 1.807) is 17.0 Å². The molecule has 1 aliphatic carbocycles. The quantitative estimate of drug-likeness (QED) is 0.409. The number of thioether (sulfide) groups is 1. The van der Waals surface area contributed by atoms with Gasteiger partial charge in [-0.1, -0.05) is 42.3 Å². The van der Waals surface area contributed by atoms with Crippen molar-refractivity contribution in [3.05, 3.63) is 81.5 Å². The number of hydrogen-bond donors (Lipinski definition) is 0. The standard InChI is InChI=1S/C29H29FN4O2S/c1-20-6-12-24(13-7-20)34-26(21-8-10-23(30)11-9-21)19-37-29(34)25(18-31)28(36)33-16-14-32(15-17-33)27(35)22-4-2-3-5-22/h6-13,19,22H,2-5,14-17H2,1H3/b29-25-. The summed E-state index contributed by atoms with van der Waals surface area (Å²) in [5.74, 6) is -0.337. The lowest BCUT2D eigenvalue weighted by Crippen LogP contribution is -2.52. The Labute approximate surface area is 221 Å². The monoisotopic (exact) mass is 516 g/mol. The highest BCUT2D eigenvalue weighted by Crippen LogP contribution is 2.44. The van der Waals surface area contributed by atoms with Gasteiger partial charge in [0.2, 0.25) is 5.91 Å². The lowest BCUT2D eigenvalue weighted by atomic mass is 10.1. The molecule has 0 spiro atoms. The first-order chi connectivity index (χ1) is 18.0. The van der Waals surface area contributed by atoms with Gasteiger partial charge in [-0.05, 0) is 61.7 Å². The largest absolute Gasteiger partial charge is 0.339 e. The summed E-state index contributed by atoms with van der Waals surface area (Å²) in [5, 5.41) is 12.6. The van der Waals surface area contributed by atoms with Crippen LogP contribution >= 0.6 is 11.8 Å². The Morgan fingerprint density at radius 2 is 1.57 bits per heavy atom. The van der Waals surface area contributed by atoms with Gasteiger partial charge in [0.05, 0.1) is 5.70 Å². The summed E-state index contributed by atoms with van der Waals surface area (Å²) in [5.41, 5.74) is 3.53. The van der Waals surface area contributed by atoms with Gasteiger partial charge in [0.25, 0.3) is 5.91 Å². The van der Waals surface area contributed by atoms with Crippen LogP contribution in [0.25, 0.3) is 5.70 Å². The molecule has 2 aromatic carbocycles. The van der Waals surface area contributed by atoms with E-state index in [4.69, 9.17) is 0 Å². The third-order valence-corrected chi connectivity index (χ3v) is 8.23. The Kier molecular flexibility index (Phi) is 7.33. The van der Waals surface area contributed by atoms with E-state index in [1.165, 1.54) is 23.9 Å². The van der Waals surface area contributed by atoms with E-state index >= 15 is 0 Å². The van der Waals surface area contributed by atoms with Gasteiger partial charge in [-0.15, -0.1) is 0 Å². The number of benzene rings is 2. The maximum atomic E-state index is 13.6. The van der Waals surface area contributed by atoms with Gasteiger partial charge in [-0.3, -0.25) is 9.59 Å².